The summed E-state index contributed by atoms with van der Waals surface area (Å²) in [6, 6.07) is 8.23. The van der Waals surface area contributed by atoms with E-state index in [2.05, 4.69) is 0 Å². The number of hydrogen-bond donors (Lipinski definition) is 9. The first-order valence-corrected chi connectivity index (χ1v) is 12.9. The molecule has 2 aliphatic rings. The molecule has 0 saturated carbocycles. The van der Waals surface area contributed by atoms with E-state index in [1.807, 2.05) is 0 Å². The third-order valence-corrected chi connectivity index (χ3v) is 7.08. The van der Waals surface area contributed by atoms with Crippen molar-refractivity contribution in [2.75, 3.05) is 6.61 Å². The van der Waals surface area contributed by atoms with Gasteiger partial charge in [-0.15, -0.1) is 0 Å². The molecule has 14 heteroatoms. The highest BCUT2D eigenvalue weighted by Gasteiger charge is 2.47. The number of benzene rings is 2. The Kier molecular flexibility index (Phi) is 9.69. The fourth-order valence-electron chi connectivity index (χ4n) is 4.61. The fourth-order valence-corrected chi connectivity index (χ4v) is 4.61. The zero-order valence-corrected chi connectivity index (χ0v) is 21.9. The predicted octanol–water partition coefficient (Wildman–Crippen LogP) is -1.35. The Morgan fingerprint density at radius 3 is 2.00 bits per heavy atom. The summed E-state index contributed by atoms with van der Waals surface area (Å²) in [6.07, 6.45) is -14.8. The number of ketones is 1. The van der Waals surface area contributed by atoms with E-state index < -0.39 is 85.3 Å². The molecule has 9 N–H and O–H groups in total. The van der Waals surface area contributed by atoms with Gasteiger partial charge in [-0.2, -0.15) is 0 Å². The average molecular weight is 583 g/mol. The van der Waals surface area contributed by atoms with Gasteiger partial charge in [0.05, 0.1) is 12.7 Å². The van der Waals surface area contributed by atoms with Crippen LogP contribution in [0.2, 0.25) is 0 Å². The Hall–Kier alpha value is -3.05. The molecule has 0 spiro atoms. The monoisotopic (exact) mass is 582 g/mol. The van der Waals surface area contributed by atoms with Crippen molar-refractivity contribution in [1.29, 1.82) is 0 Å². The van der Waals surface area contributed by atoms with Crippen molar-refractivity contribution in [1.82, 2.24) is 0 Å². The molecule has 0 aliphatic carbocycles. The van der Waals surface area contributed by atoms with Gasteiger partial charge in [0, 0.05) is 18.6 Å². The van der Waals surface area contributed by atoms with Gasteiger partial charge in [-0.1, -0.05) is 12.1 Å². The second-order valence-corrected chi connectivity index (χ2v) is 10.1. The smallest absolute Gasteiger partial charge is 0.229 e. The van der Waals surface area contributed by atoms with Crippen molar-refractivity contribution in [3.05, 3.63) is 47.5 Å². The van der Waals surface area contributed by atoms with Gasteiger partial charge >= 0.3 is 0 Å². The van der Waals surface area contributed by atoms with Crippen molar-refractivity contribution < 1.29 is 69.7 Å². The molecule has 2 heterocycles. The number of phenolic OH excluding ortho intramolecular Hbond substituents is 3. The van der Waals surface area contributed by atoms with Crippen molar-refractivity contribution in [2.24, 2.45) is 0 Å². The highest BCUT2D eigenvalue weighted by molar-refractivity contribution is 6.01. The van der Waals surface area contributed by atoms with Gasteiger partial charge in [0.1, 0.15) is 71.3 Å². The van der Waals surface area contributed by atoms with Crippen LogP contribution in [0.5, 0.6) is 23.0 Å². The Bertz CT molecular complexity index is 1170. The number of carbonyl (C=O) groups is 1. The third kappa shape index (κ3) is 6.89. The van der Waals surface area contributed by atoms with Gasteiger partial charge in [-0.05, 0) is 31.0 Å². The predicted molar refractivity (Wildman–Crippen MR) is 136 cm³/mol. The number of rotatable bonds is 9. The van der Waals surface area contributed by atoms with E-state index in [0.717, 1.165) is 17.7 Å². The Labute approximate surface area is 234 Å². The standard InChI is InChI=1S/C27H34O14/c1-11-20(32)22(34)24(36)26(39-11)38-10-18-21(33)23(35)25(37)27(41-18)40-14-8-16(30)19(17(31)9-14)15(29)7-4-12-2-5-13(28)6-3-12/h2-3,5-6,8-9,11,18,20-28,30-37H,4,7,10H2,1H3/t11-,18+,20-,21+,22+,23-,24+,25+,26+,27+/m0/s1. The minimum absolute atomic E-state index is 0.0590. The van der Waals surface area contributed by atoms with Crippen LogP contribution in [0, 0.1) is 0 Å². The highest BCUT2D eigenvalue weighted by Crippen LogP contribution is 2.35. The lowest BCUT2D eigenvalue weighted by molar-refractivity contribution is -0.318. The number of hydrogen-bond acceptors (Lipinski definition) is 14. The molecule has 0 radical (unpaired) electrons. The van der Waals surface area contributed by atoms with Gasteiger partial charge < -0.3 is 64.9 Å². The Morgan fingerprint density at radius 2 is 1.37 bits per heavy atom. The summed E-state index contributed by atoms with van der Waals surface area (Å²) >= 11 is 0. The molecular formula is C27H34O14. The zero-order chi connectivity index (χ0) is 30.0. The van der Waals surface area contributed by atoms with E-state index in [1.165, 1.54) is 19.1 Å². The lowest BCUT2D eigenvalue weighted by Gasteiger charge is -2.42. The number of Topliss-reactive ketones (excluding diaryl/α,β-unsaturated/α-hetero) is 1. The molecule has 2 saturated heterocycles. The molecule has 41 heavy (non-hydrogen) atoms. The number of aliphatic hydroxyl groups excluding tert-OH is 6. The van der Waals surface area contributed by atoms with E-state index in [-0.39, 0.29) is 29.9 Å². The lowest BCUT2D eigenvalue weighted by atomic mass is 9.98. The first kappa shape index (κ1) is 30.9. The summed E-state index contributed by atoms with van der Waals surface area (Å²) in [4.78, 5) is 12.7. The molecule has 10 atom stereocenters. The zero-order valence-electron chi connectivity index (χ0n) is 21.9. The first-order chi connectivity index (χ1) is 19.4. The van der Waals surface area contributed by atoms with Crippen molar-refractivity contribution in [3.63, 3.8) is 0 Å². The Balaban J connectivity index is 1.40. The maximum absolute atomic E-state index is 12.7. The summed E-state index contributed by atoms with van der Waals surface area (Å²) < 4.78 is 21.8. The third-order valence-electron chi connectivity index (χ3n) is 7.08. The normalized spacial score (nSPS) is 33.8. The molecule has 0 amide bonds. The van der Waals surface area contributed by atoms with Crippen LogP contribution >= 0.6 is 0 Å². The molecule has 0 aromatic heterocycles. The molecule has 226 valence electrons. The molecule has 0 unspecified atom stereocenters. The second-order valence-electron chi connectivity index (χ2n) is 10.1. The van der Waals surface area contributed by atoms with Gasteiger partial charge in [0.2, 0.25) is 6.29 Å². The van der Waals surface area contributed by atoms with Crippen LogP contribution in [-0.4, -0.2) is 120 Å². The number of ether oxygens (including phenoxy) is 4. The molecule has 2 aromatic carbocycles. The van der Waals surface area contributed by atoms with Gasteiger partial charge in [0.25, 0.3) is 0 Å². The number of carbonyl (C=O) groups excluding carboxylic acids is 1. The minimum atomic E-state index is -1.79. The van der Waals surface area contributed by atoms with Crippen molar-refractivity contribution >= 4 is 5.78 Å². The molecule has 4 rings (SSSR count). The topological polar surface area (TPSA) is 236 Å². The van der Waals surface area contributed by atoms with Crippen LogP contribution in [0.3, 0.4) is 0 Å². The summed E-state index contributed by atoms with van der Waals surface area (Å²) in [5.74, 6) is -1.95. The van der Waals surface area contributed by atoms with Crippen LogP contribution in [-0.2, 0) is 20.6 Å². The lowest BCUT2D eigenvalue weighted by Crippen LogP contribution is -2.61. The summed E-state index contributed by atoms with van der Waals surface area (Å²) in [5.41, 5.74) is 0.404. The molecular weight excluding hydrogens is 548 g/mol. The summed E-state index contributed by atoms with van der Waals surface area (Å²) in [7, 11) is 0. The largest absolute Gasteiger partial charge is 0.508 e. The van der Waals surface area contributed by atoms with Crippen molar-refractivity contribution in [2.45, 2.75) is 81.2 Å². The van der Waals surface area contributed by atoms with Crippen LogP contribution in [0.1, 0.15) is 29.3 Å². The quantitative estimate of drug-likeness (QED) is 0.156. The minimum Gasteiger partial charge on any atom is -0.508 e. The van der Waals surface area contributed by atoms with Crippen LogP contribution in [0.15, 0.2) is 36.4 Å². The van der Waals surface area contributed by atoms with Gasteiger partial charge in [0.15, 0.2) is 12.1 Å². The fraction of sp³-hybridized carbons (Fsp3) is 0.519. The molecule has 14 nitrogen and oxygen atoms in total. The highest BCUT2D eigenvalue weighted by atomic mass is 16.7. The summed E-state index contributed by atoms with van der Waals surface area (Å²) in [6.45, 7) is 0.943. The van der Waals surface area contributed by atoms with Gasteiger partial charge in [-0.25, -0.2) is 0 Å². The molecule has 2 fully saturated rings. The average Bonchev–Trinajstić information content (AvgIpc) is 2.93. The number of aryl methyl sites for hydroxylation is 1. The SMILES string of the molecule is C[C@@H]1O[C@@H](OC[C@H]2O[C@@H](Oc3cc(O)c(C(=O)CCc4ccc(O)cc4)c(O)c3)[C@H](O)[C@@H](O)[C@@H]2O)[C@H](O)[C@H](O)[C@H]1O. The van der Waals surface area contributed by atoms with Gasteiger partial charge in [-0.3, -0.25) is 4.79 Å². The van der Waals surface area contributed by atoms with Crippen LogP contribution < -0.4 is 4.74 Å². The van der Waals surface area contributed by atoms with E-state index in [1.54, 1.807) is 12.1 Å². The molecule has 2 aliphatic heterocycles. The number of aliphatic hydroxyl groups is 6. The van der Waals surface area contributed by atoms with E-state index in [9.17, 15) is 50.8 Å². The van der Waals surface area contributed by atoms with E-state index in [0.29, 0.717) is 0 Å². The maximum atomic E-state index is 12.7. The molecule has 2 aromatic rings. The summed E-state index contributed by atoms with van der Waals surface area (Å²) in [5, 5.41) is 91.3. The van der Waals surface area contributed by atoms with Crippen LogP contribution in [0.4, 0.5) is 0 Å². The first-order valence-electron chi connectivity index (χ1n) is 12.9. The molecule has 0 bridgehead atoms. The van der Waals surface area contributed by atoms with Crippen molar-refractivity contribution in [3.8, 4) is 23.0 Å². The number of aromatic hydroxyl groups is 3. The van der Waals surface area contributed by atoms with E-state index in [4.69, 9.17) is 18.9 Å². The van der Waals surface area contributed by atoms with Crippen LogP contribution in [0.25, 0.3) is 0 Å². The number of phenols is 3. The maximum Gasteiger partial charge on any atom is 0.229 e. The second kappa shape index (κ2) is 12.9. The van der Waals surface area contributed by atoms with E-state index >= 15 is 0 Å². The Morgan fingerprint density at radius 1 is 0.780 bits per heavy atom.